The van der Waals surface area contributed by atoms with Gasteiger partial charge in [0.1, 0.15) is 0 Å². The van der Waals surface area contributed by atoms with Crippen molar-refractivity contribution < 1.29 is 12.9 Å². The van der Waals surface area contributed by atoms with Gasteiger partial charge >= 0.3 is 0 Å². The molecule has 0 saturated carbocycles. The van der Waals surface area contributed by atoms with E-state index in [1.807, 2.05) is 6.92 Å². The lowest BCUT2D eigenvalue weighted by Gasteiger charge is -2.09. The number of aromatic nitrogens is 2. The van der Waals surface area contributed by atoms with Gasteiger partial charge in [0.05, 0.1) is 17.0 Å². The first-order valence-corrected chi connectivity index (χ1v) is 7.57. The summed E-state index contributed by atoms with van der Waals surface area (Å²) in [7, 11) is -3.35. The van der Waals surface area contributed by atoms with Crippen LogP contribution >= 0.6 is 0 Å². The van der Waals surface area contributed by atoms with Gasteiger partial charge in [-0.1, -0.05) is 24.2 Å². The Labute approximate surface area is 111 Å². The van der Waals surface area contributed by atoms with E-state index < -0.39 is 10.0 Å². The number of nitrogens with zero attached hydrogens (tertiary/aromatic N) is 2. The first-order chi connectivity index (χ1) is 9.02. The molecular weight excluding hydrogens is 266 g/mol. The molecule has 19 heavy (non-hydrogen) atoms. The molecule has 0 radical (unpaired) electrons. The van der Waals surface area contributed by atoms with Crippen LogP contribution in [-0.4, -0.2) is 24.3 Å². The Bertz CT molecular complexity index is 664. The fraction of sp³-hybridized carbons (Fsp3) is 0.333. The molecule has 2 aromatic rings. The number of rotatable bonds is 5. The molecule has 0 amide bonds. The fourth-order valence-corrected chi connectivity index (χ4v) is 2.80. The van der Waals surface area contributed by atoms with Crippen molar-refractivity contribution in [2.24, 2.45) is 0 Å². The van der Waals surface area contributed by atoms with E-state index in [4.69, 9.17) is 4.52 Å². The first-order valence-electron chi connectivity index (χ1n) is 5.92. The summed E-state index contributed by atoms with van der Waals surface area (Å²) in [5.41, 5.74) is 1.02. The SMILES string of the molecule is CCCS(=O)(=O)Nc1ccccc1-c1nc(C)no1. The molecule has 6 nitrogen and oxygen atoms in total. The molecule has 7 heteroatoms. The molecular formula is C12H15N3O3S. The van der Waals surface area contributed by atoms with Crippen LogP contribution in [0.15, 0.2) is 28.8 Å². The molecule has 0 bridgehead atoms. The van der Waals surface area contributed by atoms with Crippen molar-refractivity contribution in [3.05, 3.63) is 30.1 Å². The molecule has 1 aromatic carbocycles. The Morgan fingerprint density at radius 1 is 1.32 bits per heavy atom. The summed E-state index contributed by atoms with van der Waals surface area (Å²) in [4.78, 5) is 4.10. The zero-order valence-corrected chi connectivity index (χ0v) is 11.6. The number of anilines is 1. The Balaban J connectivity index is 2.37. The average molecular weight is 281 g/mol. The fourth-order valence-electron chi connectivity index (χ4n) is 1.65. The topological polar surface area (TPSA) is 85.1 Å². The van der Waals surface area contributed by atoms with Gasteiger partial charge in [-0.25, -0.2) is 8.42 Å². The standard InChI is InChI=1S/C12H15N3O3S/c1-3-8-19(16,17)15-11-7-5-4-6-10(11)12-13-9(2)14-18-12/h4-7,15H,3,8H2,1-2H3. The number of sulfonamides is 1. The van der Waals surface area contributed by atoms with Crippen molar-refractivity contribution in [1.29, 1.82) is 0 Å². The number of nitrogens with one attached hydrogen (secondary N) is 1. The van der Waals surface area contributed by atoms with E-state index in [-0.39, 0.29) is 5.75 Å². The largest absolute Gasteiger partial charge is 0.334 e. The van der Waals surface area contributed by atoms with Gasteiger partial charge in [-0.3, -0.25) is 4.72 Å². The molecule has 1 heterocycles. The molecule has 0 spiro atoms. The predicted molar refractivity (Wildman–Crippen MR) is 72.2 cm³/mol. The van der Waals surface area contributed by atoms with Crippen molar-refractivity contribution in [2.45, 2.75) is 20.3 Å². The van der Waals surface area contributed by atoms with E-state index in [1.165, 1.54) is 0 Å². The molecule has 102 valence electrons. The maximum absolute atomic E-state index is 11.8. The van der Waals surface area contributed by atoms with Crippen molar-refractivity contribution in [3.8, 4) is 11.5 Å². The smallest absolute Gasteiger partial charge is 0.260 e. The maximum atomic E-state index is 11.8. The summed E-state index contributed by atoms with van der Waals surface area (Å²) in [6.45, 7) is 3.52. The van der Waals surface area contributed by atoms with Gasteiger partial charge in [0.2, 0.25) is 10.0 Å². The molecule has 0 fully saturated rings. The molecule has 1 N–H and O–H groups in total. The second-order valence-electron chi connectivity index (χ2n) is 4.11. The lowest BCUT2D eigenvalue weighted by molar-refractivity contribution is 0.426. The third-order valence-electron chi connectivity index (χ3n) is 2.42. The summed E-state index contributed by atoms with van der Waals surface area (Å²) in [5.74, 6) is 0.873. The van der Waals surface area contributed by atoms with Crippen LogP contribution in [0.3, 0.4) is 0 Å². The van der Waals surface area contributed by atoms with Gasteiger partial charge in [-0.2, -0.15) is 4.98 Å². The van der Waals surface area contributed by atoms with Gasteiger partial charge in [0.25, 0.3) is 5.89 Å². The summed E-state index contributed by atoms with van der Waals surface area (Å²) >= 11 is 0. The number of para-hydroxylation sites is 1. The third kappa shape index (κ3) is 3.31. The third-order valence-corrected chi connectivity index (χ3v) is 3.90. The van der Waals surface area contributed by atoms with Gasteiger partial charge in [0, 0.05) is 0 Å². The highest BCUT2D eigenvalue weighted by Crippen LogP contribution is 2.27. The molecule has 0 aliphatic rings. The van der Waals surface area contributed by atoms with Crippen LogP contribution in [0, 0.1) is 6.92 Å². The number of hydrogen-bond donors (Lipinski definition) is 1. The van der Waals surface area contributed by atoms with Crippen molar-refractivity contribution >= 4 is 15.7 Å². The summed E-state index contributed by atoms with van der Waals surface area (Å²) in [5, 5.41) is 3.70. The summed E-state index contributed by atoms with van der Waals surface area (Å²) in [6.07, 6.45) is 0.553. The number of hydrogen-bond acceptors (Lipinski definition) is 5. The molecule has 0 aliphatic heterocycles. The Morgan fingerprint density at radius 2 is 2.05 bits per heavy atom. The van der Waals surface area contributed by atoms with Gasteiger partial charge in [-0.15, -0.1) is 0 Å². The predicted octanol–water partition coefficient (Wildman–Crippen LogP) is 2.20. The minimum absolute atomic E-state index is 0.0736. The average Bonchev–Trinajstić information content (AvgIpc) is 2.75. The maximum Gasteiger partial charge on any atom is 0.260 e. The van der Waals surface area contributed by atoms with E-state index in [9.17, 15) is 8.42 Å². The van der Waals surface area contributed by atoms with E-state index >= 15 is 0 Å². The van der Waals surface area contributed by atoms with Crippen molar-refractivity contribution in [3.63, 3.8) is 0 Å². The number of aryl methyl sites for hydroxylation is 1. The molecule has 0 atom stereocenters. The molecule has 0 saturated heterocycles. The second-order valence-corrected chi connectivity index (χ2v) is 5.96. The molecule has 0 aliphatic carbocycles. The zero-order chi connectivity index (χ0) is 13.9. The van der Waals surface area contributed by atoms with Gasteiger partial charge < -0.3 is 4.52 Å². The van der Waals surface area contributed by atoms with Crippen LogP contribution in [0.25, 0.3) is 11.5 Å². The highest BCUT2D eigenvalue weighted by atomic mass is 32.2. The Morgan fingerprint density at radius 3 is 2.68 bits per heavy atom. The lowest BCUT2D eigenvalue weighted by atomic mass is 10.2. The Kier molecular flexibility index (Phi) is 3.84. The van der Waals surface area contributed by atoms with Crippen LogP contribution in [-0.2, 0) is 10.0 Å². The van der Waals surface area contributed by atoms with Crippen LogP contribution in [0.1, 0.15) is 19.2 Å². The van der Waals surface area contributed by atoms with Crippen LogP contribution < -0.4 is 4.72 Å². The normalized spacial score (nSPS) is 11.5. The van der Waals surface area contributed by atoms with Crippen molar-refractivity contribution in [1.82, 2.24) is 10.1 Å². The van der Waals surface area contributed by atoms with E-state index in [1.54, 1.807) is 31.2 Å². The van der Waals surface area contributed by atoms with Crippen LogP contribution in [0.4, 0.5) is 5.69 Å². The molecule has 1 aromatic heterocycles. The lowest BCUT2D eigenvalue weighted by Crippen LogP contribution is -2.16. The van der Waals surface area contributed by atoms with Crippen LogP contribution in [0.2, 0.25) is 0 Å². The van der Waals surface area contributed by atoms with Crippen LogP contribution in [0.5, 0.6) is 0 Å². The quantitative estimate of drug-likeness (QED) is 0.908. The molecule has 2 rings (SSSR count). The van der Waals surface area contributed by atoms with E-state index in [2.05, 4.69) is 14.9 Å². The van der Waals surface area contributed by atoms with Crippen molar-refractivity contribution in [2.75, 3.05) is 10.5 Å². The van der Waals surface area contributed by atoms with E-state index in [0.29, 0.717) is 29.4 Å². The van der Waals surface area contributed by atoms with Gasteiger partial charge in [-0.05, 0) is 25.5 Å². The summed E-state index contributed by atoms with van der Waals surface area (Å²) < 4.78 is 31.2. The minimum atomic E-state index is -3.35. The monoisotopic (exact) mass is 281 g/mol. The highest BCUT2D eigenvalue weighted by Gasteiger charge is 2.15. The van der Waals surface area contributed by atoms with E-state index in [0.717, 1.165) is 0 Å². The minimum Gasteiger partial charge on any atom is -0.334 e. The zero-order valence-electron chi connectivity index (χ0n) is 10.8. The Hall–Kier alpha value is -1.89. The molecule has 0 unspecified atom stereocenters. The second kappa shape index (κ2) is 5.40. The number of benzene rings is 1. The first kappa shape index (κ1) is 13.5. The van der Waals surface area contributed by atoms with Gasteiger partial charge in [0.15, 0.2) is 5.82 Å². The summed E-state index contributed by atoms with van der Waals surface area (Å²) in [6, 6.07) is 6.93. The highest BCUT2D eigenvalue weighted by molar-refractivity contribution is 7.92.